The molecule has 20 heavy (non-hydrogen) atoms. The normalized spacial score (nSPS) is 11.2. The highest BCUT2D eigenvalue weighted by molar-refractivity contribution is 9.10. The van der Waals surface area contributed by atoms with E-state index in [1.807, 2.05) is 0 Å². The van der Waals surface area contributed by atoms with E-state index in [0.717, 1.165) is 0 Å². The van der Waals surface area contributed by atoms with Gasteiger partial charge in [0.25, 0.3) is 10.0 Å². The Labute approximate surface area is 130 Å². The number of benzene rings is 2. The van der Waals surface area contributed by atoms with Crippen LogP contribution in [0.4, 0.5) is 5.69 Å². The Balaban J connectivity index is 2.38. The summed E-state index contributed by atoms with van der Waals surface area (Å²) in [6, 6.07) is 11.2. The minimum atomic E-state index is -3.70. The average Bonchev–Trinajstić information content (AvgIpc) is 2.42. The highest BCUT2D eigenvalue weighted by Crippen LogP contribution is 2.29. The van der Waals surface area contributed by atoms with E-state index in [1.54, 1.807) is 24.3 Å². The summed E-state index contributed by atoms with van der Waals surface area (Å²) in [5.41, 5.74) is 0.376. The van der Waals surface area contributed by atoms with Crippen molar-refractivity contribution < 1.29 is 13.2 Å². The maximum atomic E-state index is 12.3. The van der Waals surface area contributed by atoms with Gasteiger partial charge in [-0.25, -0.2) is 8.42 Å². The van der Waals surface area contributed by atoms with E-state index in [9.17, 15) is 8.42 Å². The number of halogens is 2. The zero-order valence-electron chi connectivity index (χ0n) is 10.4. The Hall–Kier alpha value is -1.24. The molecule has 0 amide bonds. The van der Waals surface area contributed by atoms with Crippen LogP contribution in [0.3, 0.4) is 0 Å². The fraction of sp³-hybridized carbons (Fsp3) is 0.0769. The number of hydrogen-bond acceptors (Lipinski definition) is 3. The third-order valence-electron chi connectivity index (χ3n) is 2.55. The fourth-order valence-corrected chi connectivity index (χ4v) is 3.32. The lowest BCUT2D eigenvalue weighted by Gasteiger charge is -2.12. The van der Waals surface area contributed by atoms with Crippen LogP contribution in [0.15, 0.2) is 51.8 Å². The van der Waals surface area contributed by atoms with Gasteiger partial charge in [0, 0.05) is 4.47 Å². The summed E-state index contributed by atoms with van der Waals surface area (Å²) < 4.78 is 32.7. The summed E-state index contributed by atoms with van der Waals surface area (Å²) in [5.74, 6) is 0.448. The average molecular weight is 377 g/mol. The third-order valence-corrected chi connectivity index (χ3v) is 5.13. The van der Waals surface area contributed by atoms with E-state index in [1.165, 1.54) is 25.3 Å². The minimum Gasteiger partial charge on any atom is -0.495 e. The van der Waals surface area contributed by atoms with Crippen molar-refractivity contribution in [2.75, 3.05) is 11.8 Å². The zero-order chi connectivity index (χ0) is 14.8. The smallest absolute Gasteiger partial charge is 0.262 e. The molecule has 0 aliphatic rings. The van der Waals surface area contributed by atoms with E-state index in [2.05, 4.69) is 20.7 Å². The van der Waals surface area contributed by atoms with Crippen LogP contribution in [0.25, 0.3) is 0 Å². The molecule has 7 heteroatoms. The molecule has 4 nitrogen and oxygen atoms in total. The standard InChI is InChI=1S/C13H11BrClNO3S/c1-19-13-5-3-2-4-12(13)16-20(17,18)9-6-7-11(15)10(14)8-9/h2-8,16H,1H3. The molecule has 0 heterocycles. The van der Waals surface area contributed by atoms with Crippen LogP contribution in [0.2, 0.25) is 5.02 Å². The summed E-state index contributed by atoms with van der Waals surface area (Å²) in [6.07, 6.45) is 0. The van der Waals surface area contributed by atoms with Crippen LogP contribution in [0, 0.1) is 0 Å². The summed E-state index contributed by atoms with van der Waals surface area (Å²) in [4.78, 5) is 0.111. The van der Waals surface area contributed by atoms with Crippen LogP contribution < -0.4 is 9.46 Å². The molecule has 106 valence electrons. The lowest BCUT2D eigenvalue weighted by Crippen LogP contribution is -2.13. The highest BCUT2D eigenvalue weighted by Gasteiger charge is 2.17. The van der Waals surface area contributed by atoms with Gasteiger partial charge >= 0.3 is 0 Å². The number of methoxy groups -OCH3 is 1. The number of sulfonamides is 1. The van der Waals surface area contributed by atoms with Gasteiger partial charge in [-0.1, -0.05) is 23.7 Å². The maximum Gasteiger partial charge on any atom is 0.262 e. The Morgan fingerprint density at radius 1 is 1.20 bits per heavy atom. The van der Waals surface area contributed by atoms with Gasteiger partial charge in [0.05, 0.1) is 22.7 Å². The predicted octanol–water partition coefficient (Wildman–Crippen LogP) is 3.91. The van der Waals surface area contributed by atoms with Gasteiger partial charge < -0.3 is 4.74 Å². The van der Waals surface area contributed by atoms with Crippen LogP contribution in [-0.2, 0) is 10.0 Å². The lowest BCUT2D eigenvalue weighted by atomic mass is 10.3. The summed E-state index contributed by atoms with van der Waals surface area (Å²) in [5, 5.41) is 0.446. The molecule has 0 saturated carbocycles. The van der Waals surface area contributed by atoms with E-state index >= 15 is 0 Å². The van der Waals surface area contributed by atoms with Crippen molar-refractivity contribution in [1.29, 1.82) is 0 Å². The number of ether oxygens (including phenoxy) is 1. The summed E-state index contributed by atoms with van der Waals surface area (Å²) >= 11 is 9.06. The quantitative estimate of drug-likeness (QED) is 0.880. The van der Waals surface area contributed by atoms with Crippen LogP contribution >= 0.6 is 27.5 Å². The molecule has 0 aliphatic heterocycles. The molecule has 0 aromatic heterocycles. The first kappa shape index (κ1) is 15.2. The van der Waals surface area contributed by atoms with E-state index in [0.29, 0.717) is 20.9 Å². The molecule has 0 saturated heterocycles. The Morgan fingerprint density at radius 3 is 2.55 bits per heavy atom. The molecule has 0 atom stereocenters. The van der Waals surface area contributed by atoms with Gasteiger partial charge in [-0.2, -0.15) is 0 Å². The second-order valence-electron chi connectivity index (χ2n) is 3.88. The fourth-order valence-electron chi connectivity index (χ4n) is 1.58. The first-order chi connectivity index (χ1) is 9.44. The van der Waals surface area contributed by atoms with Crippen molar-refractivity contribution >= 4 is 43.2 Å². The number of hydrogen-bond donors (Lipinski definition) is 1. The molecule has 0 bridgehead atoms. The number of rotatable bonds is 4. The SMILES string of the molecule is COc1ccccc1NS(=O)(=O)c1ccc(Cl)c(Br)c1. The van der Waals surface area contributed by atoms with Crippen molar-refractivity contribution in [3.05, 3.63) is 52.0 Å². The number of nitrogens with one attached hydrogen (secondary N) is 1. The second-order valence-corrected chi connectivity index (χ2v) is 6.83. The molecule has 0 radical (unpaired) electrons. The van der Waals surface area contributed by atoms with Crippen molar-refractivity contribution in [2.24, 2.45) is 0 Å². The van der Waals surface area contributed by atoms with Gasteiger partial charge in [0.15, 0.2) is 0 Å². The molecular weight excluding hydrogens is 366 g/mol. The van der Waals surface area contributed by atoms with Crippen LogP contribution in [0.1, 0.15) is 0 Å². The van der Waals surface area contributed by atoms with E-state index < -0.39 is 10.0 Å². The molecule has 2 aromatic carbocycles. The lowest BCUT2D eigenvalue weighted by molar-refractivity contribution is 0.417. The largest absolute Gasteiger partial charge is 0.495 e. The Kier molecular flexibility index (Phi) is 4.57. The molecule has 0 spiro atoms. The van der Waals surface area contributed by atoms with Gasteiger partial charge in [-0.15, -0.1) is 0 Å². The third kappa shape index (κ3) is 3.26. The topological polar surface area (TPSA) is 55.4 Å². The first-order valence-corrected chi connectivity index (χ1v) is 8.20. The van der Waals surface area contributed by atoms with Crippen molar-refractivity contribution in [3.8, 4) is 5.75 Å². The molecule has 2 rings (SSSR count). The van der Waals surface area contributed by atoms with Crippen molar-refractivity contribution in [3.63, 3.8) is 0 Å². The van der Waals surface area contributed by atoms with Crippen LogP contribution in [0.5, 0.6) is 5.75 Å². The predicted molar refractivity (Wildman–Crippen MR) is 83.0 cm³/mol. The molecular formula is C13H11BrClNO3S. The molecule has 0 unspecified atom stereocenters. The highest BCUT2D eigenvalue weighted by atomic mass is 79.9. The monoisotopic (exact) mass is 375 g/mol. The Bertz CT molecular complexity index is 734. The number of para-hydroxylation sites is 2. The van der Waals surface area contributed by atoms with E-state index in [4.69, 9.17) is 16.3 Å². The first-order valence-electron chi connectivity index (χ1n) is 5.55. The van der Waals surface area contributed by atoms with Crippen molar-refractivity contribution in [1.82, 2.24) is 0 Å². The molecule has 0 fully saturated rings. The second kappa shape index (κ2) is 6.03. The minimum absolute atomic E-state index is 0.111. The molecule has 2 aromatic rings. The maximum absolute atomic E-state index is 12.3. The van der Waals surface area contributed by atoms with E-state index in [-0.39, 0.29) is 4.90 Å². The summed E-state index contributed by atoms with van der Waals surface area (Å²) in [6.45, 7) is 0. The number of anilines is 1. The van der Waals surface area contributed by atoms with Gasteiger partial charge in [0.2, 0.25) is 0 Å². The summed E-state index contributed by atoms with van der Waals surface area (Å²) in [7, 11) is -2.23. The molecule has 1 N–H and O–H groups in total. The molecule has 0 aliphatic carbocycles. The van der Waals surface area contributed by atoms with Crippen LogP contribution in [-0.4, -0.2) is 15.5 Å². The zero-order valence-corrected chi connectivity index (χ0v) is 13.6. The van der Waals surface area contributed by atoms with Gasteiger partial charge in [0.1, 0.15) is 5.75 Å². The van der Waals surface area contributed by atoms with Crippen molar-refractivity contribution in [2.45, 2.75) is 4.90 Å². The van der Waals surface area contributed by atoms with Gasteiger partial charge in [-0.3, -0.25) is 4.72 Å². The van der Waals surface area contributed by atoms with Gasteiger partial charge in [-0.05, 0) is 46.3 Å². The Morgan fingerprint density at radius 2 is 1.90 bits per heavy atom.